The van der Waals surface area contributed by atoms with Gasteiger partial charge in [0, 0.05) is 11.4 Å². The highest BCUT2D eigenvalue weighted by Gasteiger charge is 2.24. The van der Waals surface area contributed by atoms with Crippen molar-refractivity contribution in [1.82, 2.24) is 15.1 Å². The molecular formula is C13H17BrClN3S. The van der Waals surface area contributed by atoms with E-state index in [-0.39, 0.29) is 6.04 Å². The number of thiophene rings is 1. The zero-order valence-electron chi connectivity index (χ0n) is 11.2. The SMILES string of the molecule is CCCn1ncc(Br)c1C(NC)c1scc(C)c1Cl. The lowest BCUT2D eigenvalue weighted by molar-refractivity contribution is 0.536. The van der Waals surface area contributed by atoms with Crippen LogP contribution in [-0.2, 0) is 6.54 Å². The standard InChI is InChI=1S/C13H17BrClN3S/c1-4-5-18-12(9(14)6-17-18)11(16-3)13-10(15)8(2)7-19-13/h6-7,11,16H,4-5H2,1-3H3. The predicted molar refractivity (Wildman–Crippen MR) is 85.2 cm³/mol. The van der Waals surface area contributed by atoms with E-state index in [9.17, 15) is 0 Å². The predicted octanol–water partition coefficient (Wildman–Crippen LogP) is 4.39. The van der Waals surface area contributed by atoms with Gasteiger partial charge in [0.25, 0.3) is 0 Å². The normalized spacial score (nSPS) is 12.9. The molecule has 0 amide bonds. The van der Waals surface area contributed by atoms with E-state index in [1.165, 1.54) is 0 Å². The minimum atomic E-state index is 0.0645. The maximum absolute atomic E-state index is 6.41. The molecule has 6 heteroatoms. The Morgan fingerprint density at radius 2 is 2.32 bits per heavy atom. The molecule has 0 aliphatic heterocycles. The van der Waals surface area contributed by atoms with Crippen LogP contribution >= 0.6 is 38.9 Å². The Hall–Kier alpha value is -0.360. The van der Waals surface area contributed by atoms with Gasteiger partial charge in [0.15, 0.2) is 0 Å². The van der Waals surface area contributed by atoms with E-state index in [0.717, 1.165) is 38.6 Å². The lowest BCUT2D eigenvalue weighted by Crippen LogP contribution is -2.21. The van der Waals surface area contributed by atoms with E-state index >= 15 is 0 Å². The van der Waals surface area contributed by atoms with Crippen molar-refractivity contribution in [2.24, 2.45) is 0 Å². The summed E-state index contributed by atoms with van der Waals surface area (Å²) in [6, 6.07) is 0.0645. The number of hydrogen-bond donors (Lipinski definition) is 1. The van der Waals surface area contributed by atoms with Gasteiger partial charge in [-0.25, -0.2) is 0 Å². The summed E-state index contributed by atoms with van der Waals surface area (Å²) in [6.45, 7) is 5.09. The zero-order valence-corrected chi connectivity index (χ0v) is 14.4. The van der Waals surface area contributed by atoms with E-state index in [2.05, 4.69) is 38.6 Å². The second-order valence-corrected chi connectivity index (χ2v) is 6.56. The molecule has 0 aromatic carbocycles. The van der Waals surface area contributed by atoms with Crippen LogP contribution in [0.4, 0.5) is 0 Å². The fraction of sp³-hybridized carbons (Fsp3) is 0.462. The summed E-state index contributed by atoms with van der Waals surface area (Å²) >= 11 is 11.7. The molecule has 1 unspecified atom stereocenters. The fourth-order valence-electron chi connectivity index (χ4n) is 2.09. The lowest BCUT2D eigenvalue weighted by atomic mass is 10.1. The first kappa shape index (κ1) is 15.0. The zero-order chi connectivity index (χ0) is 14.0. The van der Waals surface area contributed by atoms with Gasteiger partial charge in [-0.15, -0.1) is 11.3 Å². The molecule has 1 N–H and O–H groups in total. The Bertz CT molecular complexity index is 564. The highest BCUT2D eigenvalue weighted by molar-refractivity contribution is 9.10. The Labute approximate surface area is 131 Å². The van der Waals surface area contributed by atoms with Crippen LogP contribution in [0.2, 0.25) is 5.02 Å². The fourth-order valence-corrected chi connectivity index (χ4v) is 4.02. The number of nitrogens with one attached hydrogen (secondary N) is 1. The molecule has 0 fully saturated rings. The van der Waals surface area contributed by atoms with Crippen LogP contribution in [0.5, 0.6) is 0 Å². The Morgan fingerprint density at radius 3 is 2.84 bits per heavy atom. The minimum Gasteiger partial charge on any atom is -0.307 e. The second-order valence-electron chi connectivity index (χ2n) is 4.42. The number of hydrogen-bond acceptors (Lipinski definition) is 3. The van der Waals surface area contributed by atoms with Crippen molar-refractivity contribution in [2.75, 3.05) is 7.05 Å². The summed E-state index contributed by atoms with van der Waals surface area (Å²) in [4.78, 5) is 1.14. The first-order valence-corrected chi connectivity index (χ1v) is 8.27. The lowest BCUT2D eigenvalue weighted by Gasteiger charge is -2.18. The molecule has 0 bridgehead atoms. The van der Waals surface area contributed by atoms with Gasteiger partial charge < -0.3 is 5.32 Å². The van der Waals surface area contributed by atoms with Crippen molar-refractivity contribution in [3.8, 4) is 0 Å². The molecule has 0 radical (unpaired) electrons. The van der Waals surface area contributed by atoms with Gasteiger partial charge in [0.1, 0.15) is 0 Å². The molecule has 104 valence electrons. The van der Waals surface area contributed by atoms with E-state index in [0.29, 0.717) is 0 Å². The summed E-state index contributed by atoms with van der Waals surface area (Å²) in [5, 5.41) is 10.7. The van der Waals surface area contributed by atoms with Gasteiger partial charge in [-0.1, -0.05) is 18.5 Å². The highest BCUT2D eigenvalue weighted by atomic mass is 79.9. The molecule has 2 aromatic rings. The number of rotatable bonds is 5. The van der Waals surface area contributed by atoms with Gasteiger partial charge in [-0.2, -0.15) is 5.10 Å². The molecule has 1 atom stereocenters. The number of nitrogens with zero attached hydrogens (tertiary/aromatic N) is 2. The molecular weight excluding hydrogens is 346 g/mol. The topological polar surface area (TPSA) is 29.9 Å². The third-order valence-electron chi connectivity index (χ3n) is 3.02. The average Bonchev–Trinajstić information content (AvgIpc) is 2.90. The molecule has 2 aromatic heterocycles. The van der Waals surface area contributed by atoms with Gasteiger partial charge in [0.05, 0.1) is 27.4 Å². The third kappa shape index (κ3) is 2.89. The van der Waals surface area contributed by atoms with Crippen LogP contribution in [0, 0.1) is 6.92 Å². The van der Waals surface area contributed by atoms with Gasteiger partial charge >= 0.3 is 0 Å². The molecule has 0 aliphatic carbocycles. The summed E-state index contributed by atoms with van der Waals surface area (Å²) in [6.07, 6.45) is 2.90. The minimum absolute atomic E-state index is 0.0645. The van der Waals surface area contributed by atoms with Crippen LogP contribution in [0.25, 0.3) is 0 Å². The summed E-state index contributed by atoms with van der Waals surface area (Å²) in [5.41, 5.74) is 2.26. The van der Waals surface area contributed by atoms with Crippen molar-refractivity contribution in [2.45, 2.75) is 32.9 Å². The van der Waals surface area contributed by atoms with Crippen LogP contribution < -0.4 is 5.32 Å². The van der Waals surface area contributed by atoms with Crippen LogP contribution in [0.15, 0.2) is 16.0 Å². The smallest absolute Gasteiger partial charge is 0.0866 e. The molecule has 0 saturated carbocycles. The average molecular weight is 363 g/mol. The molecule has 0 aliphatic rings. The van der Waals surface area contributed by atoms with E-state index in [4.69, 9.17) is 11.6 Å². The number of halogens is 2. The van der Waals surface area contributed by atoms with E-state index in [1.807, 2.05) is 24.9 Å². The van der Waals surface area contributed by atoms with Crippen molar-refractivity contribution >= 4 is 38.9 Å². The van der Waals surface area contributed by atoms with Crippen molar-refractivity contribution < 1.29 is 0 Å². The number of aryl methyl sites for hydroxylation is 2. The van der Waals surface area contributed by atoms with Crippen LogP contribution in [0.3, 0.4) is 0 Å². The molecule has 3 nitrogen and oxygen atoms in total. The van der Waals surface area contributed by atoms with Gasteiger partial charge in [-0.3, -0.25) is 4.68 Å². The Morgan fingerprint density at radius 1 is 1.58 bits per heavy atom. The number of aromatic nitrogens is 2. The summed E-state index contributed by atoms with van der Waals surface area (Å²) < 4.78 is 3.05. The Kier molecular flexibility index (Phi) is 5.06. The first-order valence-electron chi connectivity index (χ1n) is 6.22. The molecule has 19 heavy (non-hydrogen) atoms. The monoisotopic (exact) mass is 361 g/mol. The third-order valence-corrected chi connectivity index (χ3v) is 5.41. The van der Waals surface area contributed by atoms with Gasteiger partial charge in [0.2, 0.25) is 0 Å². The molecule has 0 spiro atoms. The van der Waals surface area contributed by atoms with Crippen molar-refractivity contribution in [3.05, 3.63) is 37.2 Å². The summed E-state index contributed by atoms with van der Waals surface area (Å²) in [7, 11) is 1.95. The molecule has 2 heterocycles. The van der Waals surface area contributed by atoms with Gasteiger partial charge in [-0.05, 0) is 47.3 Å². The largest absolute Gasteiger partial charge is 0.307 e. The quantitative estimate of drug-likeness (QED) is 0.855. The first-order chi connectivity index (χ1) is 9.10. The van der Waals surface area contributed by atoms with E-state index in [1.54, 1.807) is 11.3 Å². The van der Waals surface area contributed by atoms with Crippen LogP contribution in [0.1, 0.15) is 35.5 Å². The summed E-state index contributed by atoms with van der Waals surface area (Å²) in [5.74, 6) is 0. The van der Waals surface area contributed by atoms with Crippen molar-refractivity contribution in [1.29, 1.82) is 0 Å². The highest BCUT2D eigenvalue weighted by Crippen LogP contribution is 2.37. The Balaban J connectivity index is 2.48. The molecule has 2 rings (SSSR count). The second kappa shape index (κ2) is 6.39. The van der Waals surface area contributed by atoms with Crippen molar-refractivity contribution in [3.63, 3.8) is 0 Å². The maximum Gasteiger partial charge on any atom is 0.0866 e. The van der Waals surface area contributed by atoms with Crippen LogP contribution in [-0.4, -0.2) is 16.8 Å². The van der Waals surface area contributed by atoms with E-state index < -0.39 is 0 Å². The molecule has 0 saturated heterocycles. The maximum atomic E-state index is 6.41.